The Balaban J connectivity index is 3.41. The predicted octanol–water partition coefficient (Wildman–Crippen LogP) is 4.21. The lowest BCUT2D eigenvalue weighted by Gasteiger charge is -2.34. The smallest absolute Gasteiger partial charge is 0.313 e. The molecule has 0 saturated heterocycles. The summed E-state index contributed by atoms with van der Waals surface area (Å²) < 4.78 is 5.31. The van der Waals surface area contributed by atoms with Crippen LogP contribution in [-0.2, 0) is 9.53 Å². The summed E-state index contributed by atoms with van der Waals surface area (Å²) in [5.41, 5.74) is 9.98. The number of carbonyl (C=O) groups excluding carboxylic acids is 1. The summed E-state index contributed by atoms with van der Waals surface area (Å²) >= 11 is 0. The van der Waals surface area contributed by atoms with Crippen LogP contribution < -0.4 is 5.73 Å². The van der Waals surface area contributed by atoms with Gasteiger partial charge in [0.05, 0.1) is 12.5 Å². The highest BCUT2D eigenvalue weighted by Crippen LogP contribution is 2.41. The molecule has 3 heteroatoms. The summed E-state index contributed by atoms with van der Waals surface area (Å²) in [6.07, 6.45) is 0. The summed E-state index contributed by atoms with van der Waals surface area (Å²) in [6.45, 7) is 14.8. The number of hydrogen-bond acceptors (Lipinski definition) is 3. The molecular formula is C18H29NO2. The molecule has 1 aromatic carbocycles. The summed E-state index contributed by atoms with van der Waals surface area (Å²) in [6, 6.07) is 4.06. The largest absolute Gasteiger partial charge is 0.466 e. The van der Waals surface area contributed by atoms with Crippen LogP contribution in [0.25, 0.3) is 0 Å². The van der Waals surface area contributed by atoms with Crippen molar-refractivity contribution in [1.29, 1.82) is 0 Å². The first kappa shape index (κ1) is 17.5. The molecule has 0 aromatic heterocycles. The third-order valence-corrected chi connectivity index (χ3v) is 4.30. The predicted molar refractivity (Wildman–Crippen MR) is 88.3 cm³/mol. The van der Waals surface area contributed by atoms with Crippen LogP contribution in [0.4, 0.5) is 5.69 Å². The maximum absolute atomic E-state index is 12.5. The zero-order valence-corrected chi connectivity index (χ0v) is 14.4. The van der Waals surface area contributed by atoms with Crippen molar-refractivity contribution in [3.63, 3.8) is 0 Å². The fourth-order valence-electron chi connectivity index (χ4n) is 2.60. The van der Waals surface area contributed by atoms with E-state index in [0.29, 0.717) is 12.3 Å². The van der Waals surface area contributed by atoms with Gasteiger partial charge in [0.25, 0.3) is 0 Å². The van der Waals surface area contributed by atoms with Gasteiger partial charge in [-0.15, -0.1) is 0 Å². The van der Waals surface area contributed by atoms with Crippen LogP contribution in [0.1, 0.15) is 57.2 Å². The third kappa shape index (κ3) is 3.99. The molecule has 0 fully saturated rings. The molecule has 21 heavy (non-hydrogen) atoms. The van der Waals surface area contributed by atoms with Crippen LogP contribution in [-0.4, -0.2) is 12.6 Å². The van der Waals surface area contributed by atoms with Crippen molar-refractivity contribution in [2.24, 2.45) is 11.3 Å². The minimum atomic E-state index is -0.330. The molecule has 118 valence electrons. The van der Waals surface area contributed by atoms with Gasteiger partial charge < -0.3 is 10.5 Å². The van der Waals surface area contributed by atoms with E-state index >= 15 is 0 Å². The molecule has 0 spiro atoms. The quantitative estimate of drug-likeness (QED) is 0.667. The molecule has 0 amide bonds. The molecule has 0 heterocycles. The van der Waals surface area contributed by atoms with Gasteiger partial charge in [-0.25, -0.2) is 0 Å². The molecule has 0 aliphatic heterocycles. The maximum atomic E-state index is 12.5. The number of esters is 1. The maximum Gasteiger partial charge on any atom is 0.313 e. The fourth-order valence-corrected chi connectivity index (χ4v) is 2.60. The summed E-state index contributed by atoms with van der Waals surface area (Å²) in [7, 11) is 0. The second-order valence-electron chi connectivity index (χ2n) is 6.97. The van der Waals surface area contributed by atoms with Crippen molar-refractivity contribution in [2.45, 2.75) is 54.4 Å². The molecule has 0 bridgehead atoms. The second-order valence-corrected chi connectivity index (χ2v) is 6.97. The standard InChI is InChI=1S/C18H29NO2/c1-8-21-17(20)15(13(4)18(5,6)7)14-10-11(2)9-12(3)16(14)19/h9-10,13,15H,8,19H2,1-7H3. The molecule has 2 N–H and O–H groups in total. The van der Waals surface area contributed by atoms with E-state index in [4.69, 9.17) is 10.5 Å². The van der Waals surface area contributed by atoms with Gasteiger partial charge in [-0.1, -0.05) is 45.4 Å². The normalized spacial score (nSPS) is 14.6. The van der Waals surface area contributed by atoms with Crippen molar-refractivity contribution in [3.05, 3.63) is 28.8 Å². The van der Waals surface area contributed by atoms with Crippen molar-refractivity contribution >= 4 is 11.7 Å². The highest BCUT2D eigenvalue weighted by Gasteiger charge is 2.36. The fraction of sp³-hybridized carbons (Fsp3) is 0.611. The Labute approximate surface area is 128 Å². The zero-order chi connectivity index (χ0) is 16.4. The van der Waals surface area contributed by atoms with Gasteiger partial charge in [-0.05, 0) is 43.2 Å². The first-order valence-electron chi connectivity index (χ1n) is 7.62. The van der Waals surface area contributed by atoms with Gasteiger partial charge in [0.15, 0.2) is 0 Å². The van der Waals surface area contributed by atoms with Crippen LogP contribution in [0.2, 0.25) is 0 Å². The Morgan fingerprint density at radius 3 is 2.33 bits per heavy atom. The third-order valence-electron chi connectivity index (χ3n) is 4.30. The first-order valence-corrected chi connectivity index (χ1v) is 7.62. The van der Waals surface area contributed by atoms with Crippen LogP contribution in [0.5, 0.6) is 0 Å². The summed E-state index contributed by atoms with van der Waals surface area (Å²) in [5, 5.41) is 0. The number of ether oxygens (including phenoxy) is 1. The molecule has 0 aliphatic rings. The topological polar surface area (TPSA) is 52.3 Å². The van der Waals surface area contributed by atoms with E-state index in [1.807, 2.05) is 32.9 Å². The van der Waals surface area contributed by atoms with Gasteiger partial charge in [0.1, 0.15) is 0 Å². The van der Waals surface area contributed by atoms with Gasteiger partial charge in [0, 0.05) is 5.69 Å². The SMILES string of the molecule is CCOC(=O)C(c1cc(C)cc(C)c1N)C(C)C(C)(C)C. The number of nitrogen functional groups attached to an aromatic ring is 1. The van der Waals surface area contributed by atoms with E-state index in [9.17, 15) is 4.79 Å². The van der Waals surface area contributed by atoms with Gasteiger partial charge in [0.2, 0.25) is 0 Å². The zero-order valence-electron chi connectivity index (χ0n) is 14.4. The van der Waals surface area contributed by atoms with Crippen LogP contribution >= 0.6 is 0 Å². The Bertz CT molecular complexity index is 515. The van der Waals surface area contributed by atoms with E-state index < -0.39 is 0 Å². The molecule has 0 saturated carbocycles. The molecule has 0 aliphatic carbocycles. The first-order chi connectivity index (χ1) is 9.59. The molecular weight excluding hydrogens is 262 g/mol. The Hall–Kier alpha value is -1.51. The van der Waals surface area contributed by atoms with Gasteiger partial charge in [-0.2, -0.15) is 0 Å². The lowest BCUT2D eigenvalue weighted by Crippen LogP contribution is -2.31. The lowest BCUT2D eigenvalue weighted by atomic mass is 9.71. The molecule has 1 rings (SSSR count). The minimum absolute atomic E-state index is 0.0124. The van der Waals surface area contributed by atoms with E-state index in [2.05, 4.69) is 27.7 Å². The van der Waals surface area contributed by atoms with E-state index in [1.54, 1.807) is 0 Å². The molecule has 3 nitrogen and oxygen atoms in total. The van der Waals surface area contributed by atoms with Gasteiger partial charge >= 0.3 is 5.97 Å². The number of rotatable bonds is 4. The van der Waals surface area contributed by atoms with Crippen molar-refractivity contribution in [3.8, 4) is 0 Å². The molecule has 1 aromatic rings. The summed E-state index contributed by atoms with van der Waals surface area (Å²) in [4.78, 5) is 12.5. The molecule has 2 unspecified atom stereocenters. The van der Waals surface area contributed by atoms with Gasteiger partial charge in [-0.3, -0.25) is 4.79 Å². The average molecular weight is 291 g/mol. The van der Waals surface area contributed by atoms with Crippen molar-refractivity contribution in [2.75, 3.05) is 12.3 Å². The Morgan fingerprint density at radius 2 is 1.86 bits per heavy atom. The number of nitrogens with two attached hydrogens (primary N) is 1. The number of carbonyl (C=O) groups is 1. The van der Waals surface area contributed by atoms with E-state index in [0.717, 1.165) is 16.7 Å². The van der Waals surface area contributed by atoms with Crippen LogP contribution in [0, 0.1) is 25.2 Å². The van der Waals surface area contributed by atoms with Crippen LogP contribution in [0.15, 0.2) is 12.1 Å². The number of aryl methyl sites for hydroxylation is 2. The summed E-state index contributed by atoms with van der Waals surface area (Å²) in [5.74, 6) is -0.389. The second kappa shape index (κ2) is 6.50. The minimum Gasteiger partial charge on any atom is -0.466 e. The van der Waals surface area contributed by atoms with Crippen LogP contribution in [0.3, 0.4) is 0 Å². The molecule has 0 radical (unpaired) electrons. The Morgan fingerprint density at radius 1 is 1.29 bits per heavy atom. The average Bonchev–Trinajstić information content (AvgIpc) is 2.34. The highest BCUT2D eigenvalue weighted by atomic mass is 16.5. The number of hydrogen-bond donors (Lipinski definition) is 1. The van der Waals surface area contributed by atoms with Crippen molar-refractivity contribution < 1.29 is 9.53 Å². The van der Waals surface area contributed by atoms with Crippen molar-refractivity contribution in [1.82, 2.24) is 0 Å². The van der Waals surface area contributed by atoms with E-state index in [1.165, 1.54) is 0 Å². The number of benzene rings is 1. The number of anilines is 1. The monoisotopic (exact) mass is 291 g/mol. The van der Waals surface area contributed by atoms with E-state index in [-0.39, 0.29) is 23.2 Å². The Kier molecular flexibility index (Phi) is 5.43. The highest BCUT2D eigenvalue weighted by molar-refractivity contribution is 5.81. The molecule has 2 atom stereocenters. The lowest BCUT2D eigenvalue weighted by molar-refractivity contribution is -0.147.